The highest BCUT2D eigenvalue weighted by molar-refractivity contribution is 5.73. The summed E-state index contributed by atoms with van der Waals surface area (Å²) in [6, 6.07) is 14.4. The van der Waals surface area contributed by atoms with E-state index >= 15 is 0 Å². The Bertz CT molecular complexity index is 1040. The van der Waals surface area contributed by atoms with E-state index < -0.39 is 0 Å². The van der Waals surface area contributed by atoms with Crippen molar-refractivity contribution in [1.82, 2.24) is 15.3 Å². The molecule has 1 aliphatic rings. The Balaban J connectivity index is 1.59. The average molecular weight is 387 g/mol. The molecule has 0 radical (unpaired) electrons. The molecule has 0 amide bonds. The van der Waals surface area contributed by atoms with Crippen LogP contribution < -0.4 is 10.2 Å². The predicted molar refractivity (Wildman–Crippen MR) is 114 cm³/mol. The molecule has 3 heterocycles. The Labute approximate surface area is 169 Å². The SMILES string of the molecule is N#Cc1cc(-c2ccnc(C=Cc3ccc(F)cc3)c2)[nH]c1N1CCCNCC1. The van der Waals surface area contributed by atoms with Gasteiger partial charge in [0.25, 0.3) is 0 Å². The van der Waals surface area contributed by atoms with Crippen molar-refractivity contribution in [2.45, 2.75) is 6.42 Å². The summed E-state index contributed by atoms with van der Waals surface area (Å²) >= 11 is 0. The van der Waals surface area contributed by atoms with Crippen molar-refractivity contribution in [3.63, 3.8) is 0 Å². The quantitative estimate of drug-likeness (QED) is 0.709. The van der Waals surface area contributed by atoms with Gasteiger partial charge in [0.1, 0.15) is 17.7 Å². The van der Waals surface area contributed by atoms with Crippen LogP contribution in [-0.2, 0) is 0 Å². The molecule has 2 N–H and O–H groups in total. The van der Waals surface area contributed by atoms with Gasteiger partial charge in [0.2, 0.25) is 0 Å². The third-order valence-electron chi connectivity index (χ3n) is 4.98. The molecule has 146 valence electrons. The summed E-state index contributed by atoms with van der Waals surface area (Å²) < 4.78 is 13.0. The molecule has 0 aliphatic carbocycles. The first-order chi connectivity index (χ1) is 14.2. The van der Waals surface area contributed by atoms with Gasteiger partial charge in [-0.05, 0) is 54.9 Å². The van der Waals surface area contributed by atoms with Crippen LogP contribution in [0.1, 0.15) is 23.2 Å². The molecule has 4 rings (SSSR count). The fourth-order valence-electron chi connectivity index (χ4n) is 3.47. The van der Waals surface area contributed by atoms with Gasteiger partial charge in [0.15, 0.2) is 0 Å². The second-order valence-corrected chi connectivity index (χ2v) is 7.00. The number of H-pyrrole nitrogens is 1. The Morgan fingerprint density at radius 3 is 2.76 bits per heavy atom. The smallest absolute Gasteiger partial charge is 0.124 e. The van der Waals surface area contributed by atoms with Gasteiger partial charge < -0.3 is 15.2 Å². The van der Waals surface area contributed by atoms with Crippen LogP contribution in [0.2, 0.25) is 0 Å². The maximum Gasteiger partial charge on any atom is 0.124 e. The first kappa shape index (κ1) is 18.9. The number of nitrogens with zero attached hydrogens (tertiary/aromatic N) is 3. The number of nitriles is 1. The summed E-state index contributed by atoms with van der Waals surface area (Å²) in [6.07, 6.45) is 6.60. The van der Waals surface area contributed by atoms with E-state index in [0.29, 0.717) is 5.56 Å². The third-order valence-corrected chi connectivity index (χ3v) is 4.98. The van der Waals surface area contributed by atoms with Crippen LogP contribution in [0.5, 0.6) is 0 Å². The lowest BCUT2D eigenvalue weighted by atomic mass is 10.1. The van der Waals surface area contributed by atoms with Crippen LogP contribution in [0.3, 0.4) is 0 Å². The molecule has 0 bridgehead atoms. The van der Waals surface area contributed by atoms with E-state index in [9.17, 15) is 9.65 Å². The average Bonchev–Trinajstić information content (AvgIpc) is 3.00. The molecule has 0 atom stereocenters. The predicted octanol–water partition coefficient (Wildman–Crippen LogP) is 4.06. The number of benzene rings is 1. The molecule has 6 heteroatoms. The van der Waals surface area contributed by atoms with E-state index in [1.54, 1.807) is 18.3 Å². The Morgan fingerprint density at radius 2 is 1.93 bits per heavy atom. The van der Waals surface area contributed by atoms with Crippen LogP contribution in [0.25, 0.3) is 23.4 Å². The maximum absolute atomic E-state index is 13.0. The second-order valence-electron chi connectivity index (χ2n) is 7.00. The highest BCUT2D eigenvalue weighted by Gasteiger charge is 2.17. The Hall–Kier alpha value is -3.43. The minimum absolute atomic E-state index is 0.252. The van der Waals surface area contributed by atoms with Gasteiger partial charge in [-0.25, -0.2) is 4.39 Å². The van der Waals surface area contributed by atoms with E-state index in [4.69, 9.17) is 0 Å². The number of hydrogen-bond donors (Lipinski definition) is 2. The zero-order chi connectivity index (χ0) is 20.1. The Morgan fingerprint density at radius 1 is 1.07 bits per heavy atom. The van der Waals surface area contributed by atoms with Crippen LogP contribution in [0.4, 0.5) is 10.2 Å². The molecule has 1 aromatic carbocycles. The topological polar surface area (TPSA) is 67.7 Å². The van der Waals surface area contributed by atoms with Gasteiger partial charge in [-0.1, -0.05) is 18.2 Å². The molecule has 1 saturated heterocycles. The van der Waals surface area contributed by atoms with Crippen molar-refractivity contribution in [2.24, 2.45) is 0 Å². The number of aromatic nitrogens is 2. The lowest BCUT2D eigenvalue weighted by Crippen LogP contribution is -2.28. The second kappa shape index (κ2) is 8.72. The summed E-state index contributed by atoms with van der Waals surface area (Å²) in [5.74, 6) is 0.629. The minimum Gasteiger partial charge on any atom is -0.356 e. The molecular formula is C23H22FN5. The van der Waals surface area contributed by atoms with Crippen molar-refractivity contribution in [3.05, 3.63) is 71.3 Å². The van der Waals surface area contributed by atoms with Crippen LogP contribution >= 0.6 is 0 Å². The number of halogens is 1. The highest BCUT2D eigenvalue weighted by Crippen LogP contribution is 2.28. The molecule has 1 aliphatic heterocycles. The fourth-order valence-corrected chi connectivity index (χ4v) is 3.47. The molecule has 0 spiro atoms. The molecular weight excluding hydrogens is 365 g/mol. The monoisotopic (exact) mass is 387 g/mol. The molecule has 0 unspecified atom stereocenters. The van der Waals surface area contributed by atoms with Gasteiger partial charge >= 0.3 is 0 Å². The summed E-state index contributed by atoms with van der Waals surface area (Å²) in [5, 5.41) is 13.0. The summed E-state index contributed by atoms with van der Waals surface area (Å²) in [6.45, 7) is 3.70. The normalized spacial score (nSPS) is 14.7. The molecule has 2 aromatic heterocycles. The highest BCUT2D eigenvalue weighted by atomic mass is 19.1. The van der Waals surface area contributed by atoms with E-state index in [1.807, 2.05) is 30.4 Å². The summed E-state index contributed by atoms with van der Waals surface area (Å²) in [4.78, 5) is 10.1. The molecule has 0 saturated carbocycles. The van der Waals surface area contributed by atoms with Gasteiger partial charge in [-0.2, -0.15) is 5.26 Å². The molecule has 1 fully saturated rings. The number of nitrogens with one attached hydrogen (secondary N) is 2. The van der Waals surface area contributed by atoms with E-state index in [1.165, 1.54) is 12.1 Å². The number of pyridine rings is 1. The van der Waals surface area contributed by atoms with Gasteiger partial charge in [0.05, 0.1) is 11.3 Å². The molecule has 29 heavy (non-hydrogen) atoms. The first-order valence-electron chi connectivity index (χ1n) is 9.72. The van der Waals surface area contributed by atoms with Crippen molar-refractivity contribution >= 4 is 18.0 Å². The van der Waals surface area contributed by atoms with Crippen molar-refractivity contribution in [3.8, 4) is 17.3 Å². The van der Waals surface area contributed by atoms with Crippen LogP contribution in [0.15, 0.2) is 48.7 Å². The van der Waals surface area contributed by atoms with E-state index in [0.717, 1.165) is 60.9 Å². The standard InChI is InChI=1S/C23H22FN5/c24-20-5-2-17(3-6-20)4-7-21-14-18(8-10-27-21)22-15-19(16-25)23(28-22)29-12-1-9-26-11-13-29/h2-8,10,14-15,26,28H,1,9,11-13H2. The zero-order valence-corrected chi connectivity index (χ0v) is 16.0. The largest absolute Gasteiger partial charge is 0.356 e. The summed E-state index contributed by atoms with van der Waals surface area (Å²) in [7, 11) is 0. The zero-order valence-electron chi connectivity index (χ0n) is 16.0. The van der Waals surface area contributed by atoms with Crippen molar-refractivity contribution < 1.29 is 4.39 Å². The van der Waals surface area contributed by atoms with E-state index in [-0.39, 0.29) is 5.82 Å². The lowest BCUT2D eigenvalue weighted by molar-refractivity contribution is 0.628. The Kier molecular flexibility index (Phi) is 5.68. The number of anilines is 1. The van der Waals surface area contributed by atoms with Crippen molar-refractivity contribution in [1.29, 1.82) is 5.26 Å². The minimum atomic E-state index is -0.252. The van der Waals surface area contributed by atoms with Crippen LogP contribution in [0, 0.1) is 17.1 Å². The van der Waals surface area contributed by atoms with Gasteiger partial charge in [0, 0.05) is 37.1 Å². The number of aromatic amines is 1. The number of rotatable bonds is 4. The molecule has 3 aromatic rings. The third kappa shape index (κ3) is 4.53. The molecule has 5 nitrogen and oxygen atoms in total. The van der Waals surface area contributed by atoms with Crippen molar-refractivity contribution in [2.75, 3.05) is 31.1 Å². The lowest BCUT2D eigenvalue weighted by Gasteiger charge is -2.20. The number of hydrogen-bond acceptors (Lipinski definition) is 4. The summed E-state index contributed by atoms with van der Waals surface area (Å²) in [5.41, 5.74) is 4.21. The van der Waals surface area contributed by atoms with Crippen LogP contribution in [-0.4, -0.2) is 36.1 Å². The van der Waals surface area contributed by atoms with Gasteiger partial charge in [-0.15, -0.1) is 0 Å². The maximum atomic E-state index is 13.0. The first-order valence-corrected chi connectivity index (χ1v) is 9.72. The van der Waals surface area contributed by atoms with Gasteiger partial charge in [-0.3, -0.25) is 4.98 Å². The fraction of sp³-hybridized carbons (Fsp3) is 0.217. The van der Waals surface area contributed by atoms with E-state index in [2.05, 4.69) is 26.3 Å².